The summed E-state index contributed by atoms with van der Waals surface area (Å²) in [5.41, 5.74) is 1.27. The number of amides is 2. The van der Waals surface area contributed by atoms with Gasteiger partial charge in [-0.15, -0.1) is 0 Å². The molecular weight excluding hydrogens is 396 g/mol. The molecular formula is C17H16BrClN2O3. The van der Waals surface area contributed by atoms with E-state index in [-0.39, 0.29) is 11.8 Å². The number of anilines is 2. The quantitative estimate of drug-likeness (QED) is 0.763. The Hall–Kier alpha value is -2.05. The van der Waals surface area contributed by atoms with Crippen LogP contribution in [0.2, 0.25) is 5.02 Å². The SMILES string of the molecule is CC(=O)Nc1ccc(NC(=O)[C@@H](C)Oc2ccc(Cl)cc2Br)cc1. The van der Waals surface area contributed by atoms with Crippen molar-refractivity contribution in [2.45, 2.75) is 20.0 Å². The molecule has 0 heterocycles. The van der Waals surface area contributed by atoms with E-state index in [1.165, 1.54) is 6.92 Å². The van der Waals surface area contributed by atoms with Crippen molar-refractivity contribution in [3.8, 4) is 5.75 Å². The molecule has 0 aliphatic rings. The van der Waals surface area contributed by atoms with Crippen molar-refractivity contribution < 1.29 is 14.3 Å². The molecule has 2 rings (SSSR count). The van der Waals surface area contributed by atoms with Gasteiger partial charge < -0.3 is 15.4 Å². The van der Waals surface area contributed by atoms with E-state index in [0.717, 1.165) is 0 Å². The zero-order valence-electron chi connectivity index (χ0n) is 13.1. The van der Waals surface area contributed by atoms with Gasteiger partial charge in [0.15, 0.2) is 6.10 Å². The van der Waals surface area contributed by atoms with E-state index in [4.69, 9.17) is 16.3 Å². The van der Waals surface area contributed by atoms with Gasteiger partial charge in [-0.3, -0.25) is 9.59 Å². The molecule has 0 aliphatic heterocycles. The summed E-state index contributed by atoms with van der Waals surface area (Å²) >= 11 is 9.22. The van der Waals surface area contributed by atoms with Gasteiger partial charge >= 0.3 is 0 Å². The van der Waals surface area contributed by atoms with Gasteiger partial charge in [0, 0.05) is 23.3 Å². The van der Waals surface area contributed by atoms with Crippen molar-refractivity contribution in [2.75, 3.05) is 10.6 Å². The lowest BCUT2D eigenvalue weighted by Crippen LogP contribution is -2.30. The Morgan fingerprint density at radius 3 is 2.21 bits per heavy atom. The molecule has 5 nitrogen and oxygen atoms in total. The summed E-state index contributed by atoms with van der Waals surface area (Å²) < 4.78 is 6.31. The second-order valence-corrected chi connectivity index (χ2v) is 6.37. The molecule has 24 heavy (non-hydrogen) atoms. The minimum absolute atomic E-state index is 0.151. The van der Waals surface area contributed by atoms with E-state index in [1.54, 1.807) is 49.4 Å². The maximum absolute atomic E-state index is 12.2. The first-order valence-electron chi connectivity index (χ1n) is 7.15. The Bertz CT molecular complexity index is 750. The lowest BCUT2D eigenvalue weighted by molar-refractivity contribution is -0.122. The van der Waals surface area contributed by atoms with Crippen LogP contribution in [0.5, 0.6) is 5.75 Å². The molecule has 7 heteroatoms. The summed E-state index contributed by atoms with van der Waals surface area (Å²) in [6.45, 7) is 3.09. The fraction of sp³-hybridized carbons (Fsp3) is 0.176. The van der Waals surface area contributed by atoms with Gasteiger partial charge in [-0.1, -0.05) is 11.6 Å². The number of hydrogen-bond donors (Lipinski definition) is 2. The van der Waals surface area contributed by atoms with Crippen LogP contribution in [-0.2, 0) is 9.59 Å². The zero-order chi connectivity index (χ0) is 17.7. The van der Waals surface area contributed by atoms with Gasteiger partial charge in [0.25, 0.3) is 5.91 Å². The van der Waals surface area contributed by atoms with Gasteiger partial charge in [0.05, 0.1) is 4.47 Å². The summed E-state index contributed by atoms with van der Waals surface area (Å²) in [5, 5.41) is 5.99. The molecule has 1 atom stereocenters. The van der Waals surface area contributed by atoms with Crippen molar-refractivity contribution >= 4 is 50.7 Å². The molecule has 2 aromatic carbocycles. The topological polar surface area (TPSA) is 67.4 Å². The van der Waals surface area contributed by atoms with Crippen LogP contribution in [0.15, 0.2) is 46.9 Å². The smallest absolute Gasteiger partial charge is 0.265 e. The molecule has 2 N–H and O–H groups in total. The minimum atomic E-state index is -0.697. The number of ether oxygens (including phenoxy) is 1. The van der Waals surface area contributed by atoms with Crippen molar-refractivity contribution in [1.82, 2.24) is 0 Å². The summed E-state index contributed by atoms with van der Waals surface area (Å²) in [6, 6.07) is 11.9. The second-order valence-electron chi connectivity index (χ2n) is 5.08. The Balaban J connectivity index is 1.97. The first-order chi connectivity index (χ1) is 11.3. The molecule has 0 saturated carbocycles. The number of halogens is 2. The van der Waals surface area contributed by atoms with E-state index in [9.17, 15) is 9.59 Å². The van der Waals surface area contributed by atoms with Crippen LogP contribution in [0.3, 0.4) is 0 Å². The van der Waals surface area contributed by atoms with Crippen molar-refractivity contribution in [3.05, 3.63) is 52.0 Å². The highest BCUT2D eigenvalue weighted by molar-refractivity contribution is 9.10. The molecule has 2 aromatic rings. The van der Waals surface area contributed by atoms with Crippen LogP contribution >= 0.6 is 27.5 Å². The fourth-order valence-electron chi connectivity index (χ4n) is 1.90. The third kappa shape index (κ3) is 5.25. The highest BCUT2D eigenvalue weighted by Gasteiger charge is 2.16. The Morgan fingerprint density at radius 2 is 1.67 bits per heavy atom. The fourth-order valence-corrected chi connectivity index (χ4v) is 2.67. The summed E-state index contributed by atoms with van der Waals surface area (Å²) in [7, 11) is 0. The highest BCUT2D eigenvalue weighted by Crippen LogP contribution is 2.28. The van der Waals surface area contributed by atoms with Crippen molar-refractivity contribution in [3.63, 3.8) is 0 Å². The largest absolute Gasteiger partial charge is 0.480 e. The van der Waals surface area contributed by atoms with Gasteiger partial charge in [0.2, 0.25) is 5.91 Å². The van der Waals surface area contributed by atoms with E-state index in [1.807, 2.05) is 0 Å². The van der Waals surface area contributed by atoms with Gasteiger partial charge in [0.1, 0.15) is 5.75 Å². The Morgan fingerprint density at radius 1 is 1.08 bits per heavy atom. The number of carbonyl (C=O) groups excluding carboxylic acids is 2. The number of hydrogen-bond acceptors (Lipinski definition) is 3. The number of nitrogens with one attached hydrogen (secondary N) is 2. The molecule has 0 unspecified atom stereocenters. The van der Waals surface area contributed by atoms with Gasteiger partial charge in [-0.2, -0.15) is 0 Å². The van der Waals surface area contributed by atoms with Crippen LogP contribution in [-0.4, -0.2) is 17.9 Å². The summed E-state index contributed by atoms with van der Waals surface area (Å²) in [6.07, 6.45) is -0.697. The molecule has 0 fully saturated rings. The molecule has 0 spiro atoms. The average Bonchev–Trinajstić information content (AvgIpc) is 2.51. The molecule has 0 radical (unpaired) electrons. The van der Waals surface area contributed by atoms with Crippen LogP contribution in [0.1, 0.15) is 13.8 Å². The van der Waals surface area contributed by atoms with Crippen LogP contribution in [0.4, 0.5) is 11.4 Å². The third-order valence-electron chi connectivity index (χ3n) is 3.04. The van der Waals surface area contributed by atoms with E-state index in [2.05, 4.69) is 26.6 Å². The first kappa shape index (κ1) is 18.3. The summed E-state index contributed by atoms with van der Waals surface area (Å²) in [5.74, 6) is 0.0922. The Kier molecular flexibility index (Phi) is 6.23. The van der Waals surface area contributed by atoms with Crippen LogP contribution in [0, 0.1) is 0 Å². The van der Waals surface area contributed by atoms with Crippen LogP contribution < -0.4 is 15.4 Å². The predicted octanol–water partition coefficient (Wildman–Crippen LogP) is 4.47. The van der Waals surface area contributed by atoms with E-state index in [0.29, 0.717) is 26.6 Å². The van der Waals surface area contributed by atoms with E-state index >= 15 is 0 Å². The molecule has 0 aromatic heterocycles. The normalized spacial score (nSPS) is 11.5. The first-order valence-corrected chi connectivity index (χ1v) is 8.32. The second kappa shape index (κ2) is 8.17. The molecule has 0 saturated heterocycles. The third-order valence-corrected chi connectivity index (χ3v) is 3.89. The van der Waals surface area contributed by atoms with Crippen molar-refractivity contribution in [2.24, 2.45) is 0 Å². The zero-order valence-corrected chi connectivity index (χ0v) is 15.4. The monoisotopic (exact) mass is 410 g/mol. The van der Waals surface area contributed by atoms with Crippen LogP contribution in [0.25, 0.3) is 0 Å². The average molecular weight is 412 g/mol. The number of carbonyl (C=O) groups is 2. The molecule has 0 aliphatic carbocycles. The number of benzene rings is 2. The Labute approximate surface area is 153 Å². The lowest BCUT2D eigenvalue weighted by atomic mass is 10.2. The maximum Gasteiger partial charge on any atom is 0.265 e. The van der Waals surface area contributed by atoms with Crippen molar-refractivity contribution in [1.29, 1.82) is 0 Å². The molecule has 126 valence electrons. The number of rotatable bonds is 5. The van der Waals surface area contributed by atoms with Gasteiger partial charge in [-0.25, -0.2) is 0 Å². The lowest BCUT2D eigenvalue weighted by Gasteiger charge is -2.16. The standard InChI is InChI=1S/C17H16BrClN2O3/c1-10(24-16-8-3-12(19)9-15(16)18)17(23)21-14-6-4-13(5-7-14)20-11(2)22/h3-10H,1-2H3,(H,20,22)(H,21,23)/t10-/m1/s1. The minimum Gasteiger partial charge on any atom is -0.480 e. The van der Waals surface area contributed by atoms with Gasteiger partial charge in [-0.05, 0) is 65.3 Å². The predicted molar refractivity (Wildman–Crippen MR) is 98.6 cm³/mol. The molecule has 0 bridgehead atoms. The highest BCUT2D eigenvalue weighted by atomic mass is 79.9. The molecule has 2 amide bonds. The maximum atomic E-state index is 12.2. The summed E-state index contributed by atoms with van der Waals surface area (Å²) in [4.78, 5) is 23.2. The van der Waals surface area contributed by atoms with E-state index < -0.39 is 6.10 Å².